The molecule has 5 heteroatoms. The van der Waals surface area contributed by atoms with Crippen LogP contribution >= 0.6 is 12.2 Å². The molecule has 104 valence electrons. The van der Waals surface area contributed by atoms with Gasteiger partial charge in [-0.05, 0) is 44.4 Å². The van der Waals surface area contributed by atoms with Gasteiger partial charge in [0, 0.05) is 19.6 Å². The summed E-state index contributed by atoms with van der Waals surface area (Å²) in [4.78, 5) is 4.57. The summed E-state index contributed by atoms with van der Waals surface area (Å²) in [7, 11) is 3.82. The second-order valence-electron chi connectivity index (χ2n) is 4.77. The third-order valence-electron chi connectivity index (χ3n) is 3.36. The number of likely N-dealkylation sites (N-methyl/N-ethyl adjacent to an activating group) is 1. The van der Waals surface area contributed by atoms with Gasteiger partial charge in [0.1, 0.15) is 5.75 Å². The first-order valence-electron chi connectivity index (χ1n) is 6.58. The van der Waals surface area contributed by atoms with E-state index in [1.807, 2.05) is 24.3 Å². The van der Waals surface area contributed by atoms with Gasteiger partial charge in [0.05, 0.1) is 12.8 Å². The molecule has 2 rings (SSSR count). The molecule has 1 fully saturated rings. The van der Waals surface area contributed by atoms with E-state index in [0.717, 1.165) is 49.1 Å². The van der Waals surface area contributed by atoms with Gasteiger partial charge >= 0.3 is 0 Å². The highest BCUT2D eigenvalue weighted by Gasteiger charge is 2.15. The lowest BCUT2D eigenvalue weighted by Gasteiger charge is -2.24. The molecule has 1 aromatic rings. The molecule has 1 heterocycles. The third-order valence-corrected chi connectivity index (χ3v) is 3.72. The first-order chi connectivity index (χ1) is 9.20. The largest absolute Gasteiger partial charge is 0.495 e. The maximum absolute atomic E-state index is 5.50. The molecule has 0 saturated carbocycles. The fraction of sp³-hybridized carbons (Fsp3) is 0.500. The van der Waals surface area contributed by atoms with Gasteiger partial charge in [-0.3, -0.25) is 0 Å². The Balaban J connectivity index is 2.00. The van der Waals surface area contributed by atoms with Crippen LogP contribution in [0, 0.1) is 0 Å². The van der Waals surface area contributed by atoms with E-state index in [4.69, 9.17) is 17.0 Å². The number of nitrogens with one attached hydrogen (secondary N) is 1. The lowest BCUT2D eigenvalue weighted by atomic mass is 10.3. The fourth-order valence-electron chi connectivity index (χ4n) is 2.19. The summed E-state index contributed by atoms with van der Waals surface area (Å²) >= 11 is 5.50. The molecule has 0 amide bonds. The van der Waals surface area contributed by atoms with Crippen molar-refractivity contribution < 1.29 is 4.74 Å². The standard InChI is InChI=1S/C14H21N3OS/c1-16-8-5-9-17(11-10-16)14(19)15-12-6-3-4-7-13(12)18-2/h3-4,6-7H,5,8-11H2,1-2H3,(H,15,19). The number of rotatable bonds is 2. The molecule has 0 aliphatic carbocycles. The summed E-state index contributed by atoms with van der Waals surface area (Å²) in [5.74, 6) is 0.816. The Bertz CT molecular complexity index is 438. The van der Waals surface area contributed by atoms with Crippen LogP contribution in [0.1, 0.15) is 6.42 Å². The van der Waals surface area contributed by atoms with Crippen molar-refractivity contribution in [2.75, 3.05) is 45.7 Å². The first kappa shape index (κ1) is 14.1. The second-order valence-corrected chi connectivity index (χ2v) is 5.16. The van der Waals surface area contributed by atoms with E-state index in [1.165, 1.54) is 0 Å². The predicted octanol–water partition coefficient (Wildman–Crippen LogP) is 2.03. The zero-order chi connectivity index (χ0) is 13.7. The van der Waals surface area contributed by atoms with E-state index in [2.05, 4.69) is 22.2 Å². The van der Waals surface area contributed by atoms with Crippen LogP contribution in [0.3, 0.4) is 0 Å². The van der Waals surface area contributed by atoms with Gasteiger partial charge in [0.15, 0.2) is 5.11 Å². The highest BCUT2D eigenvalue weighted by molar-refractivity contribution is 7.80. The Labute approximate surface area is 120 Å². The molecular formula is C14H21N3OS. The number of ether oxygens (including phenoxy) is 1. The van der Waals surface area contributed by atoms with E-state index in [9.17, 15) is 0 Å². The van der Waals surface area contributed by atoms with Gasteiger partial charge < -0.3 is 19.9 Å². The number of anilines is 1. The van der Waals surface area contributed by atoms with Gasteiger partial charge in [-0.2, -0.15) is 0 Å². The number of benzene rings is 1. The predicted molar refractivity (Wildman–Crippen MR) is 82.9 cm³/mol. The quantitative estimate of drug-likeness (QED) is 0.836. The van der Waals surface area contributed by atoms with Crippen LogP contribution in [0.5, 0.6) is 5.75 Å². The SMILES string of the molecule is COc1ccccc1NC(=S)N1CCCN(C)CC1. The Morgan fingerprint density at radius 1 is 1.21 bits per heavy atom. The van der Waals surface area contributed by atoms with Crippen molar-refractivity contribution in [1.82, 2.24) is 9.80 Å². The van der Waals surface area contributed by atoms with E-state index in [0.29, 0.717) is 0 Å². The lowest BCUT2D eigenvalue weighted by molar-refractivity contribution is 0.347. The molecule has 1 N–H and O–H groups in total. The van der Waals surface area contributed by atoms with E-state index < -0.39 is 0 Å². The highest BCUT2D eigenvalue weighted by Crippen LogP contribution is 2.23. The monoisotopic (exact) mass is 279 g/mol. The zero-order valence-corrected chi connectivity index (χ0v) is 12.4. The fourth-order valence-corrected chi connectivity index (χ4v) is 2.48. The molecule has 1 aliphatic heterocycles. The Morgan fingerprint density at radius 3 is 2.79 bits per heavy atom. The molecule has 4 nitrogen and oxygen atoms in total. The van der Waals surface area contributed by atoms with Crippen LogP contribution in [0.25, 0.3) is 0 Å². The number of hydrogen-bond donors (Lipinski definition) is 1. The van der Waals surface area contributed by atoms with Gasteiger partial charge in [-0.15, -0.1) is 0 Å². The molecule has 0 aromatic heterocycles. The number of para-hydroxylation sites is 2. The molecule has 0 atom stereocenters. The summed E-state index contributed by atoms with van der Waals surface area (Å²) in [6, 6.07) is 7.84. The number of methoxy groups -OCH3 is 1. The molecular weight excluding hydrogens is 258 g/mol. The van der Waals surface area contributed by atoms with Crippen LogP contribution in [0.4, 0.5) is 5.69 Å². The van der Waals surface area contributed by atoms with Crippen molar-refractivity contribution in [2.45, 2.75) is 6.42 Å². The molecule has 0 unspecified atom stereocenters. The van der Waals surface area contributed by atoms with Gasteiger partial charge in [0.2, 0.25) is 0 Å². The topological polar surface area (TPSA) is 27.7 Å². The summed E-state index contributed by atoms with van der Waals surface area (Å²) in [5.41, 5.74) is 0.924. The van der Waals surface area contributed by atoms with Crippen LogP contribution < -0.4 is 10.1 Å². The first-order valence-corrected chi connectivity index (χ1v) is 6.99. The van der Waals surface area contributed by atoms with Gasteiger partial charge in [0.25, 0.3) is 0 Å². The Hall–Kier alpha value is -1.33. The molecule has 1 saturated heterocycles. The summed E-state index contributed by atoms with van der Waals surface area (Å²) < 4.78 is 5.33. The number of nitrogens with zero attached hydrogens (tertiary/aromatic N) is 2. The summed E-state index contributed by atoms with van der Waals surface area (Å²) in [6.45, 7) is 4.16. The van der Waals surface area contributed by atoms with Crippen molar-refractivity contribution in [3.8, 4) is 5.75 Å². The minimum absolute atomic E-state index is 0.778. The molecule has 1 aliphatic rings. The Morgan fingerprint density at radius 2 is 2.00 bits per heavy atom. The smallest absolute Gasteiger partial charge is 0.173 e. The maximum atomic E-state index is 5.50. The molecule has 0 bridgehead atoms. The van der Waals surface area contributed by atoms with Crippen LogP contribution in [-0.2, 0) is 0 Å². The highest BCUT2D eigenvalue weighted by atomic mass is 32.1. The van der Waals surface area contributed by atoms with Crippen LogP contribution in [-0.4, -0.2) is 55.2 Å². The van der Waals surface area contributed by atoms with Crippen molar-refractivity contribution in [2.24, 2.45) is 0 Å². The summed E-state index contributed by atoms with van der Waals surface area (Å²) in [5, 5.41) is 4.07. The second kappa shape index (κ2) is 6.73. The Kier molecular flexibility index (Phi) is 4.99. The molecule has 0 spiro atoms. The van der Waals surface area contributed by atoms with Crippen molar-refractivity contribution in [3.05, 3.63) is 24.3 Å². The third kappa shape index (κ3) is 3.81. The van der Waals surface area contributed by atoms with Crippen LogP contribution in [0.15, 0.2) is 24.3 Å². The minimum atomic E-state index is 0.778. The molecule has 0 radical (unpaired) electrons. The molecule has 19 heavy (non-hydrogen) atoms. The van der Waals surface area contributed by atoms with Crippen molar-refractivity contribution >= 4 is 23.0 Å². The van der Waals surface area contributed by atoms with E-state index in [-0.39, 0.29) is 0 Å². The summed E-state index contributed by atoms with van der Waals surface area (Å²) in [6.07, 6.45) is 1.14. The normalized spacial score (nSPS) is 16.8. The van der Waals surface area contributed by atoms with Crippen molar-refractivity contribution in [3.63, 3.8) is 0 Å². The average Bonchev–Trinajstić information content (AvgIpc) is 2.64. The number of thiocarbonyl (C=S) groups is 1. The van der Waals surface area contributed by atoms with E-state index in [1.54, 1.807) is 7.11 Å². The molecule has 1 aromatic carbocycles. The lowest BCUT2D eigenvalue weighted by Crippen LogP contribution is -2.37. The maximum Gasteiger partial charge on any atom is 0.173 e. The average molecular weight is 279 g/mol. The van der Waals surface area contributed by atoms with E-state index >= 15 is 0 Å². The van der Waals surface area contributed by atoms with Gasteiger partial charge in [-0.25, -0.2) is 0 Å². The zero-order valence-electron chi connectivity index (χ0n) is 11.6. The minimum Gasteiger partial charge on any atom is -0.495 e. The van der Waals surface area contributed by atoms with Gasteiger partial charge in [-0.1, -0.05) is 12.1 Å². The van der Waals surface area contributed by atoms with Crippen LogP contribution in [0.2, 0.25) is 0 Å². The number of hydrogen-bond acceptors (Lipinski definition) is 3. The van der Waals surface area contributed by atoms with Crippen molar-refractivity contribution in [1.29, 1.82) is 0 Å².